The van der Waals surface area contributed by atoms with Crippen molar-refractivity contribution in [2.24, 2.45) is 23.7 Å². The van der Waals surface area contributed by atoms with Crippen molar-refractivity contribution >= 4 is 10.8 Å². The van der Waals surface area contributed by atoms with Gasteiger partial charge in [-0.05, 0) is 47.9 Å². The first kappa shape index (κ1) is 17.8. The summed E-state index contributed by atoms with van der Waals surface area (Å²) in [7, 11) is 0. The molecular weight excluding hydrogens is 380 g/mol. The normalized spacial score (nSPS) is 31.0. The molecule has 6 rings (SSSR count). The van der Waals surface area contributed by atoms with E-state index < -0.39 is 12.2 Å². The van der Waals surface area contributed by atoms with Gasteiger partial charge in [0, 0.05) is 23.0 Å². The fraction of sp³-hybridized carbons (Fsp3) is 0.280. The monoisotopic (exact) mass is 402 g/mol. The van der Waals surface area contributed by atoms with Crippen LogP contribution in [0.15, 0.2) is 60.7 Å². The van der Waals surface area contributed by atoms with E-state index in [0.29, 0.717) is 28.0 Å². The molecule has 152 valence electrons. The molecule has 3 aliphatic carbocycles. The van der Waals surface area contributed by atoms with E-state index >= 15 is 0 Å². The lowest BCUT2D eigenvalue weighted by Gasteiger charge is -2.41. The summed E-state index contributed by atoms with van der Waals surface area (Å²) in [4.78, 5) is 0. The second-order valence-electron chi connectivity index (χ2n) is 8.64. The van der Waals surface area contributed by atoms with Gasteiger partial charge in [-0.2, -0.15) is 0 Å². The summed E-state index contributed by atoms with van der Waals surface area (Å²) in [6.45, 7) is 0. The van der Waals surface area contributed by atoms with Crippen molar-refractivity contribution < 1.29 is 25.2 Å². The number of fused-ring (bicyclic) bond motifs is 7. The van der Waals surface area contributed by atoms with Gasteiger partial charge < -0.3 is 25.2 Å². The number of phenols is 2. The zero-order valence-corrected chi connectivity index (χ0v) is 16.1. The van der Waals surface area contributed by atoms with E-state index in [-0.39, 0.29) is 35.2 Å². The summed E-state index contributed by atoms with van der Waals surface area (Å²) in [6.07, 6.45) is 3.48. The molecule has 0 spiro atoms. The van der Waals surface area contributed by atoms with Crippen LogP contribution in [0.3, 0.4) is 0 Å². The number of phenolic OH excluding ortho intramolecular Hbond substituents is 2. The van der Waals surface area contributed by atoms with Crippen LogP contribution in [-0.2, 0) is 0 Å². The maximum Gasteiger partial charge on any atom is 0.138 e. The molecule has 5 heteroatoms. The molecule has 6 atom stereocenters. The lowest BCUT2D eigenvalue weighted by molar-refractivity contribution is -0.0232. The SMILES string of the molecule is Oc1ccc(Oc2cccc3cccc(O)c23)c2c1[C@@H](O)[C@@H]1[C@@H]([C@@H]3C=C[C@H]1C3)[C@H]2O. The van der Waals surface area contributed by atoms with Crippen LogP contribution in [0, 0.1) is 23.7 Å². The highest BCUT2D eigenvalue weighted by atomic mass is 16.5. The predicted octanol–water partition coefficient (Wildman–Crippen LogP) is 4.56. The molecule has 0 aromatic heterocycles. The highest BCUT2D eigenvalue weighted by Crippen LogP contribution is 2.62. The van der Waals surface area contributed by atoms with E-state index in [1.807, 2.05) is 18.2 Å². The topological polar surface area (TPSA) is 90.2 Å². The van der Waals surface area contributed by atoms with Crippen molar-refractivity contribution in [1.29, 1.82) is 0 Å². The van der Waals surface area contributed by atoms with Gasteiger partial charge >= 0.3 is 0 Å². The van der Waals surface area contributed by atoms with Crippen molar-refractivity contribution in [2.45, 2.75) is 18.6 Å². The number of allylic oxidation sites excluding steroid dienone is 2. The summed E-state index contributed by atoms with van der Waals surface area (Å²) >= 11 is 0. The number of aliphatic hydroxyl groups excluding tert-OH is 2. The molecule has 3 aliphatic rings. The second kappa shape index (κ2) is 6.24. The third-order valence-electron chi connectivity index (χ3n) is 7.19. The van der Waals surface area contributed by atoms with Crippen molar-refractivity contribution in [3.63, 3.8) is 0 Å². The average molecular weight is 402 g/mol. The number of ether oxygens (including phenoxy) is 1. The Morgan fingerprint density at radius 3 is 2.10 bits per heavy atom. The van der Waals surface area contributed by atoms with Gasteiger partial charge in [-0.3, -0.25) is 0 Å². The van der Waals surface area contributed by atoms with Gasteiger partial charge in [-0.15, -0.1) is 0 Å². The average Bonchev–Trinajstić information content (AvgIpc) is 3.35. The molecule has 0 radical (unpaired) electrons. The highest BCUT2D eigenvalue weighted by molar-refractivity contribution is 5.93. The second-order valence-corrected chi connectivity index (χ2v) is 8.64. The van der Waals surface area contributed by atoms with Crippen LogP contribution in [0.4, 0.5) is 0 Å². The molecular formula is C25H22O5. The van der Waals surface area contributed by atoms with Crippen LogP contribution in [0.2, 0.25) is 0 Å². The maximum atomic E-state index is 11.3. The molecule has 2 bridgehead atoms. The number of hydrogen-bond donors (Lipinski definition) is 4. The van der Waals surface area contributed by atoms with Crippen molar-refractivity contribution in [1.82, 2.24) is 0 Å². The molecule has 3 aromatic carbocycles. The highest BCUT2D eigenvalue weighted by Gasteiger charge is 2.55. The minimum Gasteiger partial charge on any atom is -0.508 e. The van der Waals surface area contributed by atoms with Crippen molar-refractivity contribution in [3.8, 4) is 23.0 Å². The number of rotatable bonds is 2. The number of aliphatic hydroxyl groups is 2. The third kappa shape index (κ3) is 2.30. The Bertz CT molecular complexity index is 1190. The van der Waals surface area contributed by atoms with E-state index in [9.17, 15) is 20.4 Å². The van der Waals surface area contributed by atoms with E-state index in [1.54, 1.807) is 24.3 Å². The van der Waals surface area contributed by atoms with Crippen LogP contribution in [0.1, 0.15) is 29.8 Å². The molecule has 3 aromatic rings. The van der Waals surface area contributed by atoms with Gasteiger partial charge in [-0.1, -0.05) is 36.4 Å². The summed E-state index contributed by atoms with van der Waals surface area (Å²) in [5.74, 6) is 1.14. The lowest BCUT2D eigenvalue weighted by atomic mass is 9.67. The summed E-state index contributed by atoms with van der Waals surface area (Å²) in [5, 5.41) is 44.8. The Morgan fingerprint density at radius 1 is 0.700 bits per heavy atom. The zero-order chi connectivity index (χ0) is 20.6. The Kier molecular flexibility index (Phi) is 3.70. The zero-order valence-electron chi connectivity index (χ0n) is 16.1. The van der Waals surface area contributed by atoms with Gasteiger partial charge in [0.25, 0.3) is 0 Å². The largest absolute Gasteiger partial charge is 0.508 e. The molecule has 0 heterocycles. The van der Waals surface area contributed by atoms with E-state index in [4.69, 9.17) is 4.74 Å². The quantitative estimate of drug-likeness (QED) is 0.472. The summed E-state index contributed by atoms with van der Waals surface area (Å²) in [5.41, 5.74) is 0.795. The van der Waals surface area contributed by atoms with Gasteiger partial charge in [-0.25, -0.2) is 0 Å². The minimum atomic E-state index is -0.863. The van der Waals surface area contributed by atoms with Crippen molar-refractivity contribution in [3.05, 3.63) is 71.8 Å². The first-order chi connectivity index (χ1) is 14.5. The van der Waals surface area contributed by atoms with E-state index in [0.717, 1.165) is 11.8 Å². The van der Waals surface area contributed by atoms with Crippen LogP contribution >= 0.6 is 0 Å². The van der Waals surface area contributed by atoms with Crippen LogP contribution < -0.4 is 4.74 Å². The number of aromatic hydroxyl groups is 2. The van der Waals surface area contributed by atoms with E-state index in [2.05, 4.69) is 12.2 Å². The van der Waals surface area contributed by atoms with Gasteiger partial charge in [0.2, 0.25) is 0 Å². The predicted molar refractivity (Wildman–Crippen MR) is 111 cm³/mol. The summed E-state index contributed by atoms with van der Waals surface area (Å²) < 4.78 is 6.21. The molecule has 1 saturated carbocycles. The Morgan fingerprint density at radius 2 is 1.37 bits per heavy atom. The molecule has 0 amide bonds. The summed E-state index contributed by atoms with van der Waals surface area (Å²) in [6, 6.07) is 13.9. The first-order valence-electron chi connectivity index (χ1n) is 10.3. The Hall–Kier alpha value is -3.02. The van der Waals surface area contributed by atoms with E-state index in [1.165, 1.54) is 6.07 Å². The van der Waals surface area contributed by atoms with Crippen LogP contribution in [0.5, 0.6) is 23.0 Å². The van der Waals surface area contributed by atoms with Crippen LogP contribution in [0.25, 0.3) is 10.8 Å². The smallest absolute Gasteiger partial charge is 0.138 e. The van der Waals surface area contributed by atoms with Gasteiger partial charge in [0.15, 0.2) is 0 Å². The molecule has 30 heavy (non-hydrogen) atoms. The molecule has 0 unspecified atom stereocenters. The molecule has 5 nitrogen and oxygen atoms in total. The fourth-order valence-electron chi connectivity index (χ4n) is 5.97. The maximum absolute atomic E-state index is 11.3. The van der Waals surface area contributed by atoms with Gasteiger partial charge in [0.1, 0.15) is 23.0 Å². The fourth-order valence-corrected chi connectivity index (χ4v) is 5.97. The molecule has 0 aliphatic heterocycles. The lowest BCUT2D eigenvalue weighted by Crippen LogP contribution is -2.36. The first-order valence-corrected chi connectivity index (χ1v) is 10.3. The minimum absolute atomic E-state index is 0.0325. The molecule has 1 fully saturated rings. The van der Waals surface area contributed by atoms with Crippen LogP contribution in [-0.4, -0.2) is 20.4 Å². The Labute approximate surface area is 173 Å². The molecule has 0 saturated heterocycles. The van der Waals surface area contributed by atoms with Gasteiger partial charge in [0.05, 0.1) is 17.6 Å². The van der Waals surface area contributed by atoms with Crippen molar-refractivity contribution in [2.75, 3.05) is 0 Å². The molecule has 4 N–H and O–H groups in total. The third-order valence-corrected chi connectivity index (χ3v) is 7.19. The number of hydrogen-bond acceptors (Lipinski definition) is 5. The number of benzene rings is 3. The Balaban J connectivity index is 1.50. The standard InChI is InChI=1S/C25H22O5/c26-15-5-1-3-12-4-2-6-17(19(12)15)30-18-10-9-16(27)22-23(18)25(29)21-14-8-7-13(11-14)20(21)24(22)28/h1-10,13-14,20-21,24-29H,11H2/t13-,14+,20-,21+,24-,25+/m0/s1.